The van der Waals surface area contributed by atoms with Gasteiger partial charge < -0.3 is 4.74 Å². The lowest BCUT2D eigenvalue weighted by Crippen LogP contribution is -2.51. The number of esters is 1. The molecule has 7 heteroatoms. The highest BCUT2D eigenvalue weighted by Crippen LogP contribution is 2.64. The van der Waals surface area contributed by atoms with Crippen molar-refractivity contribution in [1.82, 2.24) is 4.72 Å². The Balaban J connectivity index is 2.25. The molecule has 0 aromatic rings. The highest BCUT2D eigenvalue weighted by atomic mass is 32.2. The van der Waals surface area contributed by atoms with Crippen LogP contribution in [0.25, 0.3) is 0 Å². The number of ether oxygens (including phenoxy) is 1. The molecule has 1 N–H and O–H groups in total. The van der Waals surface area contributed by atoms with E-state index < -0.39 is 27.4 Å². The second-order valence-electron chi connectivity index (χ2n) is 7.93. The van der Waals surface area contributed by atoms with Gasteiger partial charge in [0.1, 0.15) is 11.8 Å². The third kappa shape index (κ3) is 3.01. The van der Waals surface area contributed by atoms with E-state index in [4.69, 9.17) is 4.74 Å². The first kappa shape index (κ1) is 19.4. The van der Waals surface area contributed by atoms with E-state index in [1.165, 1.54) is 7.11 Å². The van der Waals surface area contributed by atoms with Crippen LogP contribution in [0.1, 0.15) is 53.4 Å². The van der Waals surface area contributed by atoms with Crippen molar-refractivity contribution in [3.05, 3.63) is 0 Å². The summed E-state index contributed by atoms with van der Waals surface area (Å²) in [5.74, 6) is -0.717. The van der Waals surface area contributed by atoms with E-state index in [0.29, 0.717) is 19.3 Å². The Morgan fingerprint density at radius 3 is 2.46 bits per heavy atom. The normalized spacial score (nSPS) is 31.0. The molecule has 138 valence electrons. The van der Waals surface area contributed by atoms with E-state index in [2.05, 4.69) is 4.72 Å². The fourth-order valence-corrected chi connectivity index (χ4v) is 6.55. The number of sulfonamides is 1. The zero-order valence-corrected chi connectivity index (χ0v) is 16.0. The number of Topliss-reactive ketones (excluding diaryl/α,β-unsaturated/α-hetero) is 1. The van der Waals surface area contributed by atoms with Gasteiger partial charge in [0.05, 0.1) is 12.9 Å². The van der Waals surface area contributed by atoms with Crippen LogP contribution in [0.4, 0.5) is 0 Å². The second-order valence-corrected chi connectivity index (χ2v) is 9.68. The van der Waals surface area contributed by atoms with Crippen molar-refractivity contribution in [1.29, 1.82) is 0 Å². The summed E-state index contributed by atoms with van der Waals surface area (Å²) in [4.78, 5) is 24.5. The van der Waals surface area contributed by atoms with Gasteiger partial charge in [-0.1, -0.05) is 34.1 Å². The molecule has 0 aliphatic heterocycles. The van der Waals surface area contributed by atoms with E-state index >= 15 is 0 Å². The summed E-state index contributed by atoms with van der Waals surface area (Å²) in [5.41, 5.74) is -1.16. The Morgan fingerprint density at radius 2 is 2.04 bits per heavy atom. The molecule has 2 fully saturated rings. The number of carbonyl (C=O) groups excluding carboxylic acids is 2. The Bertz CT molecular complexity index is 627. The Kier molecular flexibility index (Phi) is 5.17. The van der Waals surface area contributed by atoms with Gasteiger partial charge in [-0.05, 0) is 30.1 Å². The number of carbonyl (C=O) groups is 2. The first-order valence-corrected chi connectivity index (χ1v) is 10.3. The lowest BCUT2D eigenvalue weighted by atomic mass is 9.70. The molecule has 2 aliphatic carbocycles. The minimum atomic E-state index is -3.79. The van der Waals surface area contributed by atoms with E-state index in [9.17, 15) is 18.0 Å². The highest BCUT2D eigenvalue weighted by molar-refractivity contribution is 7.89. The molecule has 0 saturated heterocycles. The summed E-state index contributed by atoms with van der Waals surface area (Å²) in [6.07, 6.45) is 2.60. The Labute approximate surface area is 144 Å². The van der Waals surface area contributed by atoms with E-state index in [0.717, 1.165) is 6.42 Å². The molecular weight excluding hydrogens is 330 g/mol. The van der Waals surface area contributed by atoms with Crippen molar-refractivity contribution in [3.63, 3.8) is 0 Å². The average molecular weight is 359 g/mol. The van der Waals surface area contributed by atoms with Crippen LogP contribution in [0.5, 0.6) is 0 Å². The number of methoxy groups -OCH3 is 1. The maximum atomic E-state index is 12.8. The zero-order valence-electron chi connectivity index (χ0n) is 15.2. The molecule has 2 rings (SSSR count). The summed E-state index contributed by atoms with van der Waals surface area (Å²) in [6.45, 7) is 7.69. The van der Waals surface area contributed by atoms with Gasteiger partial charge in [0, 0.05) is 11.8 Å². The van der Waals surface area contributed by atoms with Crippen LogP contribution in [0.2, 0.25) is 0 Å². The monoisotopic (exact) mass is 359 g/mol. The molecule has 0 radical (unpaired) electrons. The van der Waals surface area contributed by atoms with E-state index in [1.807, 2.05) is 20.8 Å². The quantitative estimate of drug-likeness (QED) is 0.701. The van der Waals surface area contributed by atoms with Crippen LogP contribution in [-0.2, 0) is 24.3 Å². The molecule has 2 aliphatic rings. The van der Waals surface area contributed by atoms with Crippen molar-refractivity contribution in [3.8, 4) is 0 Å². The predicted octanol–water partition coefficient (Wildman–Crippen LogP) is 1.89. The highest BCUT2D eigenvalue weighted by Gasteiger charge is 2.65. The maximum absolute atomic E-state index is 12.8. The first-order chi connectivity index (χ1) is 11.0. The molecular formula is C17H29NO5S. The lowest BCUT2D eigenvalue weighted by Gasteiger charge is -2.36. The number of rotatable bonds is 7. The first-order valence-electron chi connectivity index (χ1n) is 8.62. The number of fused-ring (bicyclic) bond motifs is 2. The van der Waals surface area contributed by atoms with Gasteiger partial charge in [-0.3, -0.25) is 9.59 Å². The molecule has 0 amide bonds. The van der Waals surface area contributed by atoms with Crippen LogP contribution in [0.15, 0.2) is 0 Å². The molecule has 24 heavy (non-hydrogen) atoms. The molecule has 0 spiro atoms. The SMILES string of the molecule is CC[C@H](C)[C@H](NS(=O)(=O)C[C@]12CC[C@H](CC1=O)C2(C)C)C(=O)OC. The molecule has 0 unspecified atom stereocenters. The maximum Gasteiger partial charge on any atom is 0.324 e. The van der Waals surface area contributed by atoms with Gasteiger partial charge in [0.15, 0.2) is 0 Å². The standard InChI is InChI=1S/C17H29NO5S/c1-6-11(2)14(15(20)23-5)18-24(21,22)10-17-8-7-12(9-13(17)19)16(17,3)4/h11-12,14,18H,6-10H2,1-5H3/t11-,12+,14-,17+/m0/s1. The van der Waals surface area contributed by atoms with Gasteiger partial charge in [0.2, 0.25) is 10.0 Å². The fourth-order valence-electron chi connectivity index (χ4n) is 4.43. The van der Waals surface area contributed by atoms with Crippen LogP contribution in [0.3, 0.4) is 0 Å². The minimum absolute atomic E-state index is 0.0484. The van der Waals surface area contributed by atoms with E-state index in [-0.39, 0.29) is 28.8 Å². The number of hydrogen-bond acceptors (Lipinski definition) is 5. The van der Waals surface area contributed by atoms with Crippen LogP contribution >= 0.6 is 0 Å². The molecule has 0 aromatic heterocycles. The molecule has 2 bridgehead atoms. The van der Waals surface area contributed by atoms with Crippen molar-refractivity contribution >= 4 is 21.8 Å². The lowest BCUT2D eigenvalue weighted by molar-refractivity contribution is -0.143. The number of ketones is 1. The van der Waals surface area contributed by atoms with Crippen LogP contribution in [-0.4, -0.2) is 39.1 Å². The topological polar surface area (TPSA) is 89.5 Å². The molecule has 6 nitrogen and oxygen atoms in total. The molecule has 0 heterocycles. The van der Waals surface area contributed by atoms with Gasteiger partial charge in [0.25, 0.3) is 0 Å². The van der Waals surface area contributed by atoms with Crippen LogP contribution in [0, 0.1) is 22.7 Å². The van der Waals surface area contributed by atoms with Crippen molar-refractivity contribution in [2.24, 2.45) is 22.7 Å². The smallest absolute Gasteiger partial charge is 0.324 e. The predicted molar refractivity (Wildman–Crippen MR) is 90.7 cm³/mol. The largest absolute Gasteiger partial charge is 0.468 e. The Morgan fingerprint density at radius 1 is 1.42 bits per heavy atom. The third-order valence-corrected chi connectivity index (χ3v) is 8.04. The fraction of sp³-hybridized carbons (Fsp3) is 0.882. The number of nitrogens with one attached hydrogen (secondary N) is 1. The summed E-state index contributed by atoms with van der Waals surface area (Å²) in [6, 6.07) is -0.918. The van der Waals surface area contributed by atoms with E-state index in [1.54, 1.807) is 6.92 Å². The van der Waals surface area contributed by atoms with Gasteiger partial charge >= 0.3 is 5.97 Å². The van der Waals surface area contributed by atoms with Crippen molar-refractivity contribution in [2.45, 2.75) is 59.4 Å². The third-order valence-electron chi connectivity index (χ3n) is 6.55. The van der Waals surface area contributed by atoms with Gasteiger partial charge in [-0.15, -0.1) is 0 Å². The van der Waals surface area contributed by atoms with Crippen molar-refractivity contribution < 1.29 is 22.7 Å². The molecule has 2 saturated carbocycles. The number of hydrogen-bond donors (Lipinski definition) is 1. The van der Waals surface area contributed by atoms with Crippen LogP contribution < -0.4 is 4.72 Å². The summed E-state index contributed by atoms with van der Waals surface area (Å²) >= 11 is 0. The zero-order chi connectivity index (χ0) is 18.3. The summed E-state index contributed by atoms with van der Waals surface area (Å²) < 4.78 is 32.8. The average Bonchev–Trinajstić information content (AvgIpc) is 2.84. The van der Waals surface area contributed by atoms with Gasteiger partial charge in [-0.2, -0.15) is 0 Å². The minimum Gasteiger partial charge on any atom is -0.468 e. The molecule has 0 aromatic carbocycles. The molecule has 4 atom stereocenters. The second kappa shape index (κ2) is 6.41. The Hall–Kier alpha value is -0.950. The van der Waals surface area contributed by atoms with Crippen molar-refractivity contribution in [2.75, 3.05) is 12.9 Å². The van der Waals surface area contributed by atoms with Gasteiger partial charge in [-0.25, -0.2) is 13.1 Å². The summed E-state index contributed by atoms with van der Waals surface area (Å²) in [7, 11) is -2.55. The summed E-state index contributed by atoms with van der Waals surface area (Å²) in [5, 5.41) is 0.